The number of carbonyl (C=O) groups is 1. The first kappa shape index (κ1) is 15.0. The van der Waals surface area contributed by atoms with Crippen LogP contribution >= 0.6 is 0 Å². The second-order valence-electron chi connectivity index (χ2n) is 4.76. The molecular weight excluding hydrogens is 266 g/mol. The third-order valence-corrected chi connectivity index (χ3v) is 3.23. The Morgan fingerprint density at radius 2 is 2.10 bits per heavy atom. The second kappa shape index (κ2) is 6.85. The van der Waals surface area contributed by atoms with Crippen molar-refractivity contribution >= 4 is 5.91 Å². The van der Waals surface area contributed by atoms with Gasteiger partial charge in [-0.15, -0.1) is 0 Å². The number of nitrogens with two attached hydrogens (primary N) is 1. The maximum atomic E-state index is 12.5. The molecule has 5 nitrogen and oxygen atoms in total. The number of aromatic nitrogens is 1. The Morgan fingerprint density at radius 1 is 1.33 bits per heavy atom. The van der Waals surface area contributed by atoms with Crippen LogP contribution in [-0.4, -0.2) is 29.9 Å². The van der Waals surface area contributed by atoms with Gasteiger partial charge in [0.2, 0.25) is 0 Å². The predicted molar refractivity (Wildman–Crippen MR) is 80.9 cm³/mol. The highest BCUT2D eigenvalue weighted by atomic mass is 16.5. The van der Waals surface area contributed by atoms with E-state index in [-0.39, 0.29) is 5.91 Å². The molecule has 5 heteroatoms. The van der Waals surface area contributed by atoms with Crippen molar-refractivity contribution in [1.82, 2.24) is 9.88 Å². The van der Waals surface area contributed by atoms with Gasteiger partial charge in [0.1, 0.15) is 5.75 Å². The maximum Gasteiger partial charge on any atom is 0.257 e. The van der Waals surface area contributed by atoms with Crippen molar-refractivity contribution in [1.29, 1.82) is 0 Å². The Labute approximate surface area is 124 Å². The van der Waals surface area contributed by atoms with Crippen molar-refractivity contribution in [2.75, 3.05) is 14.2 Å². The summed E-state index contributed by atoms with van der Waals surface area (Å²) in [4.78, 5) is 18.1. The molecule has 21 heavy (non-hydrogen) atoms. The van der Waals surface area contributed by atoms with Gasteiger partial charge in [-0.1, -0.05) is 24.3 Å². The molecule has 1 heterocycles. The molecule has 0 radical (unpaired) electrons. The highest BCUT2D eigenvalue weighted by Gasteiger charge is 2.16. The molecule has 0 saturated heterocycles. The number of pyridine rings is 1. The van der Waals surface area contributed by atoms with Gasteiger partial charge in [-0.2, -0.15) is 0 Å². The number of rotatable bonds is 5. The molecule has 0 aliphatic rings. The molecule has 0 aliphatic heterocycles. The fraction of sp³-hybridized carbons (Fsp3) is 0.250. The molecule has 1 aromatic heterocycles. The van der Waals surface area contributed by atoms with Crippen molar-refractivity contribution < 1.29 is 9.53 Å². The minimum absolute atomic E-state index is 0.104. The Kier molecular flexibility index (Phi) is 4.90. The molecule has 1 aromatic carbocycles. The topological polar surface area (TPSA) is 68.5 Å². The standard InChI is InChI=1S/C16H19N3O2/c1-19(11-13-5-3-4-12(8-13)9-17)16(20)14-6-7-18-10-15(14)21-2/h3-8,10H,9,11,17H2,1-2H3. The van der Waals surface area contributed by atoms with Gasteiger partial charge < -0.3 is 15.4 Å². The van der Waals surface area contributed by atoms with Crippen molar-refractivity contribution in [3.05, 3.63) is 59.4 Å². The zero-order valence-corrected chi connectivity index (χ0v) is 12.2. The van der Waals surface area contributed by atoms with Gasteiger partial charge >= 0.3 is 0 Å². The van der Waals surface area contributed by atoms with E-state index in [1.807, 2.05) is 24.3 Å². The van der Waals surface area contributed by atoms with E-state index in [1.54, 1.807) is 24.2 Å². The summed E-state index contributed by atoms with van der Waals surface area (Å²) in [7, 11) is 3.29. The summed E-state index contributed by atoms with van der Waals surface area (Å²) in [6.45, 7) is 1.00. The molecule has 0 aliphatic carbocycles. The van der Waals surface area contributed by atoms with Gasteiger partial charge in [-0.25, -0.2) is 0 Å². The SMILES string of the molecule is COc1cnccc1C(=O)N(C)Cc1cccc(CN)c1. The van der Waals surface area contributed by atoms with Crippen LogP contribution in [0.5, 0.6) is 5.75 Å². The molecule has 2 N–H and O–H groups in total. The summed E-state index contributed by atoms with van der Waals surface area (Å²) in [5.41, 5.74) is 8.23. The van der Waals surface area contributed by atoms with E-state index in [4.69, 9.17) is 10.5 Å². The lowest BCUT2D eigenvalue weighted by atomic mass is 10.1. The van der Waals surface area contributed by atoms with E-state index in [0.717, 1.165) is 11.1 Å². The molecule has 2 aromatic rings. The molecule has 1 amide bonds. The summed E-state index contributed by atoms with van der Waals surface area (Å²) >= 11 is 0. The van der Waals surface area contributed by atoms with Crippen LogP contribution in [0.2, 0.25) is 0 Å². The molecule has 0 unspecified atom stereocenters. The smallest absolute Gasteiger partial charge is 0.257 e. The average Bonchev–Trinajstić information content (AvgIpc) is 2.54. The van der Waals surface area contributed by atoms with Gasteiger partial charge in [0, 0.05) is 26.3 Å². The number of benzene rings is 1. The number of amides is 1. The molecule has 0 spiro atoms. The summed E-state index contributed by atoms with van der Waals surface area (Å²) in [6, 6.07) is 9.56. The third-order valence-electron chi connectivity index (χ3n) is 3.23. The van der Waals surface area contributed by atoms with E-state index in [0.29, 0.717) is 24.4 Å². The van der Waals surface area contributed by atoms with Crippen molar-refractivity contribution in [2.45, 2.75) is 13.1 Å². The fourth-order valence-electron chi connectivity index (χ4n) is 2.13. The first-order valence-electron chi connectivity index (χ1n) is 6.67. The van der Waals surface area contributed by atoms with E-state index in [1.165, 1.54) is 13.3 Å². The van der Waals surface area contributed by atoms with Gasteiger partial charge in [0.25, 0.3) is 5.91 Å². The zero-order chi connectivity index (χ0) is 15.2. The Morgan fingerprint density at radius 3 is 2.81 bits per heavy atom. The first-order valence-corrected chi connectivity index (χ1v) is 6.67. The zero-order valence-electron chi connectivity index (χ0n) is 12.2. The average molecular weight is 285 g/mol. The fourth-order valence-corrected chi connectivity index (χ4v) is 2.13. The van der Waals surface area contributed by atoms with Crippen LogP contribution in [0.25, 0.3) is 0 Å². The second-order valence-corrected chi connectivity index (χ2v) is 4.76. The summed E-state index contributed by atoms with van der Waals surface area (Å²) in [5, 5.41) is 0. The number of nitrogens with zero attached hydrogens (tertiary/aromatic N) is 2. The molecule has 0 atom stereocenters. The van der Waals surface area contributed by atoms with Crippen molar-refractivity contribution in [2.24, 2.45) is 5.73 Å². The van der Waals surface area contributed by atoms with Crippen LogP contribution in [0.4, 0.5) is 0 Å². The summed E-state index contributed by atoms with van der Waals surface area (Å²) in [5.74, 6) is 0.373. The maximum absolute atomic E-state index is 12.5. The molecule has 0 bridgehead atoms. The number of hydrogen-bond acceptors (Lipinski definition) is 4. The van der Waals surface area contributed by atoms with Gasteiger partial charge in [-0.05, 0) is 17.2 Å². The van der Waals surface area contributed by atoms with Crippen LogP contribution in [-0.2, 0) is 13.1 Å². The van der Waals surface area contributed by atoms with Crippen LogP contribution < -0.4 is 10.5 Å². The minimum atomic E-state index is -0.104. The summed E-state index contributed by atoms with van der Waals surface area (Å²) < 4.78 is 5.18. The van der Waals surface area contributed by atoms with Crippen LogP contribution in [0.3, 0.4) is 0 Å². The van der Waals surface area contributed by atoms with Gasteiger partial charge in [0.05, 0.1) is 18.9 Å². The van der Waals surface area contributed by atoms with Crippen molar-refractivity contribution in [3.8, 4) is 5.75 Å². The van der Waals surface area contributed by atoms with Crippen molar-refractivity contribution in [3.63, 3.8) is 0 Å². The lowest BCUT2D eigenvalue weighted by molar-refractivity contribution is 0.0781. The highest BCUT2D eigenvalue weighted by molar-refractivity contribution is 5.96. The van der Waals surface area contributed by atoms with Gasteiger partial charge in [-0.3, -0.25) is 9.78 Å². The number of carbonyl (C=O) groups excluding carboxylic acids is 1. The van der Waals surface area contributed by atoms with Gasteiger partial charge in [0.15, 0.2) is 0 Å². The highest BCUT2D eigenvalue weighted by Crippen LogP contribution is 2.18. The largest absolute Gasteiger partial charge is 0.494 e. The number of ether oxygens (including phenoxy) is 1. The first-order chi connectivity index (χ1) is 10.2. The Bertz CT molecular complexity index is 628. The van der Waals surface area contributed by atoms with Crippen LogP contribution in [0, 0.1) is 0 Å². The normalized spacial score (nSPS) is 10.2. The van der Waals surface area contributed by atoms with E-state index in [2.05, 4.69) is 4.98 Å². The third kappa shape index (κ3) is 3.58. The van der Waals surface area contributed by atoms with E-state index < -0.39 is 0 Å². The predicted octanol–water partition coefficient (Wildman–Crippen LogP) is 1.82. The van der Waals surface area contributed by atoms with E-state index in [9.17, 15) is 4.79 Å². The number of methoxy groups -OCH3 is 1. The molecule has 0 fully saturated rings. The molecule has 110 valence electrons. The lowest BCUT2D eigenvalue weighted by Gasteiger charge is -2.19. The monoisotopic (exact) mass is 285 g/mol. The van der Waals surface area contributed by atoms with Crippen LogP contribution in [0.15, 0.2) is 42.7 Å². The summed E-state index contributed by atoms with van der Waals surface area (Å²) in [6.07, 6.45) is 3.12. The molecule has 0 saturated carbocycles. The number of hydrogen-bond donors (Lipinski definition) is 1. The molecule has 2 rings (SSSR count). The Balaban J connectivity index is 2.15. The lowest BCUT2D eigenvalue weighted by Crippen LogP contribution is -2.26. The van der Waals surface area contributed by atoms with E-state index >= 15 is 0 Å². The Hall–Kier alpha value is -2.40. The minimum Gasteiger partial charge on any atom is -0.494 e. The molecular formula is C16H19N3O2. The quantitative estimate of drug-likeness (QED) is 0.910. The van der Waals surface area contributed by atoms with Crippen LogP contribution in [0.1, 0.15) is 21.5 Å².